The van der Waals surface area contributed by atoms with Crippen molar-refractivity contribution in [3.05, 3.63) is 0 Å². The minimum atomic E-state index is -8.04. The van der Waals surface area contributed by atoms with E-state index < -0.39 is 36.0 Å². The summed E-state index contributed by atoms with van der Waals surface area (Å²) in [4.78, 5) is 0. The Morgan fingerprint density at radius 1 is 0.351 bits per heavy atom. The number of hydrogen-bond donors (Lipinski definition) is 0. The molecule has 0 atom stereocenters. The lowest BCUT2D eigenvalue weighted by Gasteiger charge is -2.39. The van der Waals surface area contributed by atoms with Gasteiger partial charge in [0.05, 0.1) is 26.2 Å². The van der Waals surface area contributed by atoms with Crippen molar-refractivity contribution in [2.75, 3.05) is 26.2 Å². The average molecular weight is 581 g/mol. The molecule has 0 heterocycles. The van der Waals surface area contributed by atoms with E-state index in [4.69, 9.17) is 0 Å². The normalized spacial score (nSPS) is 14.4. The van der Waals surface area contributed by atoms with Gasteiger partial charge in [0.25, 0.3) is 0 Å². The molecule has 0 spiro atoms. The zero-order chi connectivity index (χ0) is 30.0. The molecule has 0 rings (SSSR count). The van der Waals surface area contributed by atoms with Crippen LogP contribution in [0, 0.1) is 0 Å². The molecule has 0 unspecified atom stereocenters. The van der Waals surface area contributed by atoms with Gasteiger partial charge >= 0.3 is 36.0 Å². The van der Waals surface area contributed by atoms with Crippen molar-refractivity contribution < 1.29 is 65.9 Å². The SMILES string of the molecule is CCCC[N+](CCCC)(CCCC)CCCC.FC(F)(F)C(F)(F)C(F)(F)C(F)(F)C(F)(F)C(F)(F)F. The van der Waals surface area contributed by atoms with Crippen LogP contribution >= 0.6 is 0 Å². The topological polar surface area (TPSA) is 0 Å². The summed E-state index contributed by atoms with van der Waals surface area (Å²) < 4.78 is 168. The van der Waals surface area contributed by atoms with Crippen molar-refractivity contribution in [3.8, 4) is 0 Å². The minimum Gasteiger partial charge on any atom is -0.324 e. The van der Waals surface area contributed by atoms with Gasteiger partial charge < -0.3 is 4.48 Å². The van der Waals surface area contributed by atoms with Crippen LogP contribution in [-0.4, -0.2) is 66.7 Å². The molecular weight excluding hydrogens is 544 g/mol. The van der Waals surface area contributed by atoms with E-state index in [9.17, 15) is 61.5 Å². The lowest BCUT2D eigenvalue weighted by Crippen LogP contribution is -2.69. The maximum atomic E-state index is 12.3. The molecule has 0 fully saturated rings. The molecule has 0 aliphatic heterocycles. The highest BCUT2D eigenvalue weighted by atomic mass is 19.4. The van der Waals surface area contributed by atoms with Crippen LogP contribution in [0.3, 0.4) is 0 Å². The van der Waals surface area contributed by atoms with Gasteiger partial charge in [0, 0.05) is 0 Å². The highest BCUT2D eigenvalue weighted by Crippen LogP contribution is 2.60. The molecular formula is C22H36F14N+. The van der Waals surface area contributed by atoms with Gasteiger partial charge in [0.15, 0.2) is 0 Å². The molecule has 0 radical (unpaired) electrons. The first-order chi connectivity index (χ1) is 16.5. The number of alkyl halides is 14. The fourth-order valence-electron chi connectivity index (χ4n) is 3.40. The smallest absolute Gasteiger partial charge is 0.324 e. The summed E-state index contributed by atoms with van der Waals surface area (Å²) in [7, 11) is 0. The Hall–Kier alpha value is -1.02. The van der Waals surface area contributed by atoms with E-state index in [1.54, 1.807) is 0 Å². The van der Waals surface area contributed by atoms with Crippen LogP contribution in [-0.2, 0) is 0 Å². The first kappa shape index (κ1) is 38.1. The van der Waals surface area contributed by atoms with Crippen LogP contribution in [0.5, 0.6) is 0 Å². The Morgan fingerprint density at radius 3 is 0.676 bits per heavy atom. The Kier molecular flexibility index (Phi) is 14.8. The van der Waals surface area contributed by atoms with E-state index in [1.165, 1.54) is 82.0 Å². The van der Waals surface area contributed by atoms with E-state index in [-0.39, 0.29) is 0 Å². The van der Waals surface area contributed by atoms with Gasteiger partial charge in [-0.2, -0.15) is 61.5 Å². The predicted octanol–water partition coefficient (Wildman–Crippen LogP) is 9.66. The fourth-order valence-corrected chi connectivity index (χ4v) is 3.40. The molecule has 1 nitrogen and oxygen atoms in total. The molecule has 0 aromatic heterocycles. The molecule has 0 saturated carbocycles. The van der Waals surface area contributed by atoms with E-state index in [0.29, 0.717) is 0 Å². The van der Waals surface area contributed by atoms with Crippen molar-refractivity contribution in [1.82, 2.24) is 0 Å². The van der Waals surface area contributed by atoms with Crippen LogP contribution in [0.4, 0.5) is 61.5 Å². The van der Waals surface area contributed by atoms with Crippen LogP contribution in [0.1, 0.15) is 79.1 Å². The summed E-state index contributed by atoms with van der Waals surface area (Å²) in [6.07, 6.45) is -3.91. The van der Waals surface area contributed by atoms with Crippen LogP contribution in [0.2, 0.25) is 0 Å². The van der Waals surface area contributed by atoms with Gasteiger partial charge in [-0.3, -0.25) is 0 Å². The number of halogens is 14. The second kappa shape index (κ2) is 14.4. The number of unbranched alkanes of at least 4 members (excludes halogenated alkanes) is 4. The van der Waals surface area contributed by atoms with Crippen LogP contribution < -0.4 is 0 Å². The summed E-state index contributed by atoms with van der Waals surface area (Å²) in [5.74, 6) is -31.7. The van der Waals surface area contributed by atoms with Crippen molar-refractivity contribution >= 4 is 0 Å². The standard InChI is InChI=1S/C16H36N.C6F14/c1-5-9-13-17(14-10-6-2,15-11-7-3)16-12-8-4;7-1(8,3(11,12)5(15,16)17)2(9,10)4(13,14)6(18,19)20/h5-16H2,1-4H3;/q+1;. The maximum Gasteiger partial charge on any atom is 0.460 e. The molecule has 0 aromatic rings. The maximum absolute atomic E-state index is 12.3. The number of hydrogen-bond acceptors (Lipinski definition) is 0. The monoisotopic (exact) mass is 580 g/mol. The van der Waals surface area contributed by atoms with Gasteiger partial charge in [-0.1, -0.05) is 53.4 Å². The van der Waals surface area contributed by atoms with Gasteiger partial charge in [-0.05, 0) is 25.7 Å². The van der Waals surface area contributed by atoms with E-state index in [2.05, 4.69) is 27.7 Å². The molecule has 37 heavy (non-hydrogen) atoms. The second-order valence-corrected chi connectivity index (χ2v) is 8.94. The zero-order valence-corrected chi connectivity index (χ0v) is 21.2. The summed E-state index contributed by atoms with van der Waals surface area (Å²) in [6, 6.07) is 0. The van der Waals surface area contributed by atoms with E-state index in [0.717, 1.165) is 0 Å². The molecule has 0 N–H and O–H groups in total. The third-order valence-corrected chi connectivity index (χ3v) is 5.84. The first-order valence-electron chi connectivity index (χ1n) is 12.0. The second-order valence-electron chi connectivity index (χ2n) is 8.94. The quantitative estimate of drug-likeness (QED) is 0.134. The Morgan fingerprint density at radius 2 is 0.541 bits per heavy atom. The molecule has 0 aliphatic rings. The summed E-state index contributed by atoms with van der Waals surface area (Å²) >= 11 is 0. The summed E-state index contributed by atoms with van der Waals surface area (Å²) in [5, 5.41) is 0. The Bertz CT molecular complexity index is 552. The molecule has 0 amide bonds. The first-order valence-corrected chi connectivity index (χ1v) is 12.0. The lowest BCUT2D eigenvalue weighted by molar-refractivity contribution is -0.929. The highest BCUT2D eigenvalue weighted by molar-refractivity contribution is 5.08. The molecule has 0 aliphatic carbocycles. The van der Waals surface area contributed by atoms with E-state index in [1.807, 2.05) is 0 Å². The minimum absolute atomic E-state index is 1.35. The lowest BCUT2D eigenvalue weighted by atomic mass is 9.98. The highest BCUT2D eigenvalue weighted by Gasteiger charge is 2.91. The molecule has 0 saturated heterocycles. The van der Waals surface area contributed by atoms with Crippen molar-refractivity contribution in [3.63, 3.8) is 0 Å². The molecule has 15 heteroatoms. The average Bonchev–Trinajstić information content (AvgIpc) is 2.76. The summed E-state index contributed by atoms with van der Waals surface area (Å²) in [5.41, 5.74) is 0. The molecule has 0 bridgehead atoms. The third-order valence-electron chi connectivity index (χ3n) is 5.84. The van der Waals surface area contributed by atoms with Crippen LogP contribution in [0.25, 0.3) is 0 Å². The molecule has 226 valence electrons. The van der Waals surface area contributed by atoms with Crippen molar-refractivity contribution in [1.29, 1.82) is 0 Å². The van der Waals surface area contributed by atoms with E-state index >= 15 is 0 Å². The predicted molar refractivity (Wildman–Crippen MR) is 111 cm³/mol. The van der Waals surface area contributed by atoms with Crippen molar-refractivity contribution in [2.45, 2.75) is 115 Å². The Balaban J connectivity index is 0. The van der Waals surface area contributed by atoms with Gasteiger partial charge in [0.1, 0.15) is 0 Å². The number of quaternary nitrogens is 1. The third kappa shape index (κ3) is 9.29. The van der Waals surface area contributed by atoms with Crippen LogP contribution in [0.15, 0.2) is 0 Å². The largest absolute Gasteiger partial charge is 0.460 e. The number of nitrogens with zero attached hydrogens (tertiary/aromatic N) is 1. The van der Waals surface area contributed by atoms with Gasteiger partial charge in [0.2, 0.25) is 0 Å². The summed E-state index contributed by atoms with van der Waals surface area (Å²) in [6.45, 7) is 15.0. The van der Waals surface area contributed by atoms with Crippen molar-refractivity contribution in [2.24, 2.45) is 0 Å². The zero-order valence-electron chi connectivity index (χ0n) is 21.2. The molecule has 0 aromatic carbocycles. The van der Waals surface area contributed by atoms with Gasteiger partial charge in [-0.15, -0.1) is 0 Å². The number of rotatable bonds is 15. The van der Waals surface area contributed by atoms with Gasteiger partial charge in [-0.25, -0.2) is 0 Å². The Labute approximate surface area is 208 Å². The fraction of sp³-hybridized carbons (Fsp3) is 1.00.